The van der Waals surface area contributed by atoms with Crippen LogP contribution in [0, 0.1) is 23.4 Å². The van der Waals surface area contributed by atoms with E-state index in [2.05, 4.69) is 0 Å². The van der Waals surface area contributed by atoms with Gasteiger partial charge in [-0.1, -0.05) is 38.1 Å². The Balaban J connectivity index is 2.21. The molecule has 0 fully saturated rings. The zero-order valence-corrected chi connectivity index (χ0v) is 18.2. The van der Waals surface area contributed by atoms with Crippen LogP contribution in [-0.2, 0) is 11.0 Å². The monoisotopic (exact) mass is 464 g/mol. The second-order valence-corrected chi connectivity index (χ2v) is 8.47. The fourth-order valence-electron chi connectivity index (χ4n) is 3.77. The Bertz CT molecular complexity index is 1140. The third-order valence-corrected chi connectivity index (χ3v) is 5.42. The topological polar surface area (TPSA) is 17.1 Å². The molecule has 0 saturated carbocycles. The number of rotatable bonds is 6. The highest BCUT2D eigenvalue weighted by molar-refractivity contribution is 5.85. The number of benzene rings is 3. The van der Waals surface area contributed by atoms with Gasteiger partial charge in [-0.05, 0) is 77.4 Å². The van der Waals surface area contributed by atoms with E-state index in [4.69, 9.17) is 0 Å². The largest absolute Gasteiger partial charge is 0.416 e. The second kappa shape index (κ2) is 9.41. The van der Waals surface area contributed by atoms with Crippen molar-refractivity contribution in [1.29, 1.82) is 0 Å². The molecule has 0 aliphatic rings. The van der Waals surface area contributed by atoms with Crippen LogP contribution in [0.25, 0.3) is 22.3 Å². The van der Waals surface area contributed by atoms with Gasteiger partial charge in [-0.25, -0.2) is 13.2 Å². The predicted octanol–water partition coefficient (Wildman–Crippen LogP) is 8.18. The quantitative estimate of drug-likeness (QED) is 0.266. The summed E-state index contributed by atoms with van der Waals surface area (Å²) in [4.78, 5) is 12.4. The number of carbonyl (C=O) groups excluding carboxylic acids is 1. The lowest BCUT2D eigenvalue weighted by Gasteiger charge is -2.19. The van der Waals surface area contributed by atoms with Crippen molar-refractivity contribution < 1.29 is 31.1 Å². The highest BCUT2D eigenvalue weighted by atomic mass is 19.4. The maximum absolute atomic E-state index is 13.9. The number of hydrogen-bond acceptors (Lipinski definition) is 1. The molecule has 3 rings (SSSR count). The lowest BCUT2D eigenvalue weighted by molar-refractivity contribution is -0.137. The maximum atomic E-state index is 13.9. The number of halogens is 6. The Morgan fingerprint density at radius 2 is 1.27 bits per heavy atom. The fraction of sp³-hybridized carbons (Fsp3) is 0.269. The Morgan fingerprint density at radius 3 is 1.73 bits per heavy atom. The summed E-state index contributed by atoms with van der Waals surface area (Å²) < 4.78 is 80.1. The van der Waals surface area contributed by atoms with Gasteiger partial charge in [-0.15, -0.1) is 0 Å². The summed E-state index contributed by atoms with van der Waals surface area (Å²) in [6.45, 7) is 5.33. The highest BCUT2D eigenvalue weighted by Crippen LogP contribution is 2.36. The molecule has 0 aromatic heterocycles. The van der Waals surface area contributed by atoms with Crippen molar-refractivity contribution in [1.82, 2.24) is 0 Å². The summed E-state index contributed by atoms with van der Waals surface area (Å²) in [5.74, 6) is -4.80. The molecule has 1 nitrogen and oxygen atoms in total. The van der Waals surface area contributed by atoms with Crippen molar-refractivity contribution in [3.8, 4) is 22.3 Å². The molecule has 7 heteroatoms. The lowest BCUT2D eigenvalue weighted by Crippen LogP contribution is -2.12. The zero-order valence-electron chi connectivity index (χ0n) is 18.2. The van der Waals surface area contributed by atoms with E-state index in [1.807, 2.05) is 13.8 Å². The average Bonchev–Trinajstić information content (AvgIpc) is 2.74. The number of alkyl halides is 3. The zero-order chi connectivity index (χ0) is 24.5. The van der Waals surface area contributed by atoms with Crippen molar-refractivity contribution >= 4 is 5.78 Å². The van der Waals surface area contributed by atoms with E-state index in [1.54, 1.807) is 18.2 Å². The third-order valence-electron chi connectivity index (χ3n) is 5.42. The van der Waals surface area contributed by atoms with E-state index >= 15 is 0 Å². The Kier molecular flexibility index (Phi) is 7.00. The summed E-state index contributed by atoms with van der Waals surface area (Å²) in [7, 11) is 0. The summed E-state index contributed by atoms with van der Waals surface area (Å²) in [6.07, 6.45) is -3.98. The van der Waals surface area contributed by atoms with Gasteiger partial charge in [-0.3, -0.25) is 4.79 Å². The molecule has 1 atom stereocenters. The van der Waals surface area contributed by atoms with E-state index in [9.17, 15) is 31.1 Å². The molecule has 3 aromatic rings. The molecule has 0 saturated heterocycles. The van der Waals surface area contributed by atoms with Gasteiger partial charge in [0, 0.05) is 5.92 Å². The smallest absolute Gasteiger partial charge is 0.299 e. The first-order valence-corrected chi connectivity index (χ1v) is 10.3. The van der Waals surface area contributed by atoms with E-state index in [-0.39, 0.29) is 17.3 Å². The molecular weight excluding hydrogens is 442 g/mol. The van der Waals surface area contributed by atoms with E-state index < -0.39 is 35.1 Å². The van der Waals surface area contributed by atoms with Gasteiger partial charge in [0.25, 0.3) is 0 Å². The number of carbonyl (C=O) groups is 1. The summed E-state index contributed by atoms with van der Waals surface area (Å²) in [5, 5.41) is 0. The van der Waals surface area contributed by atoms with Crippen LogP contribution >= 0.6 is 0 Å². The SMILES string of the molecule is CC(=O)C(CC(C)C)c1cc(-c2ccc(C(F)(F)F)cc2)cc(-c2cc(F)c(F)c(F)c2)c1. The standard InChI is InChI=1S/C26H22F6O/c1-14(2)8-22(15(3)33)20-10-17(16-4-6-21(7-5-16)26(30,31)32)9-18(11-20)19-12-23(27)25(29)24(28)13-19/h4-7,9-14,22H,8H2,1-3H3. The number of hydrogen-bond donors (Lipinski definition) is 0. The van der Waals surface area contributed by atoms with Gasteiger partial charge in [0.05, 0.1) is 5.56 Å². The minimum absolute atomic E-state index is 0.0493. The molecule has 0 heterocycles. The van der Waals surface area contributed by atoms with Crippen molar-refractivity contribution in [3.05, 3.63) is 83.2 Å². The molecule has 0 radical (unpaired) electrons. The van der Waals surface area contributed by atoms with Crippen molar-refractivity contribution in [2.75, 3.05) is 0 Å². The Morgan fingerprint density at radius 1 is 0.788 bits per heavy atom. The number of ketones is 1. The van der Waals surface area contributed by atoms with Gasteiger partial charge in [-0.2, -0.15) is 13.2 Å². The molecule has 0 aliphatic heterocycles. The molecule has 174 valence electrons. The first kappa shape index (κ1) is 24.6. The van der Waals surface area contributed by atoms with Crippen LogP contribution in [0.4, 0.5) is 26.3 Å². The maximum Gasteiger partial charge on any atom is 0.416 e. The Hall–Kier alpha value is -3.09. The molecular formula is C26H22F6O. The minimum atomic E-state index is -4.49. The molecule has 0 bridgehead atoms. The van der Waals surface area contributed by atoms with Gasteiger partial charge in [0.15, 0.2) is 17.5 Å². The first-order chi connectivity index (χ1) is 15.4. The fourth-order valence-corrected chi connectivity index (χ4v) is 3.77. The molecule has 3 aromatic carbocycles. The molecule has 0 amide bonds. The highest BCUT2D eigenvalue weighted by Gasteiger charge is 2.30. The van der Waals surface area contributed by atoms with E-state index in [1.165, 1.54) is 19.1 Å². The average molecular weight is 464 g/mol. The predicted molar refractivity (Wildman–Crippen MR) is 115 cm³/mol. The minimum Gasteiger partial charge on any atom is -0.299 e. The third kappa shape index (κ3) is 5.64. The molecule has 0 N–H and O–H groups in total. The van der Waals surface area contributed by atoms with Gasteiger partial charge in [0.2, 0.25) is 0 Å². The van der Waals surface area contributed by atoms with Crippen LogP contribution in [0.15, 0.2) is 54.6 Å². The van der Waals surface area contributed by atoms with Crippen LogP contribution in [0.3, 0.4) is 0 Å². The van der Waals surface area contributed by atoms with Crippen LogP contribution in [0.1, 0.15) is 44.2 Å². The Labute approximate surface area is 188 Å². The van der Waals surface area contributed by atoms with E-state index in [0.29, 0.717) is 28.7 Å². The summed E-state index contributed by atoms with van der Waals surface area (Å²) >= 11 is 0. The molecule has 33 heavy (non-hydrogen) atoms. The molecule has 1 unspecified atom stereocenters. The number of Topliss-reactive ketones (excluding diaryl/α,β-unsaturated/α-hetero) is 1. The second-order valence-electron chi connectivity index (χ2n) is 8.47. The molecule has 0 spiro atoms. The van der Waals surface area contributed by atoms with Gasteiger partial charge in [0.1, 0.15) is 5.78 Å². The van der Waals surface area contributed by atoms with Gasteiger partial charge < -0.3 is 0 Å². The molecule has 0 aliphatic carbocycles. The van der Waals surface area contributed by atoms with Crippen molar-refractivity contribution in [2.24, 2.45) is 5.92 Å². The summed E-state index contributed by atoms with van der Waals surface area (Å²) in [6, 6.07) is 11.0. The lowest BCUT2D eigenvalue weighted by atomic mass is 9.84. The van der Waals surface area contributed by atoms with Crippen LogP contribution in [0.5, 0.6) is 0 Å². The first-order valence-electron chi connectivity index (χ1n) is 10.3. The van der Waals surface area contributed by atoms with Gasteiger partial charge >= 0.3 is 6.18 Å². The van der Waals surface area contributed by atoms with Crippen LogP contribution in [0.2, 0.25) is 0 Å². The van der Waals surface area contributed by atoms with Crippen LogP contribution in [-0.4, -0.2) is 5.78 Å². The summed E-state index contributed by atoms with van der Waals surface area (Å²) in [5.41, 5.74) is 1.02. The normalized spacial score (nSPS) is 12.8. The van der Waals surface area contributed by atoms with E-state index in [0.717, 1.165) is 24.3 Å². The van der Waals surface area contributed by atoms with Crippen molar-refractivity contribution in [2.45, 2.75) is 39.3 Å². The van der Waals surface area contributed by atoms with Crippen LogP contribution < -0.4 is 0 Å². The van der Waals surface area contributed by atoms with Crippen molar-refractivity contribution in [3.63, 3.8) is 0 Å².